The van der Waals surface area contributed by atoms with Crippen molar-refractivity contribution in [2.24, 2.45) is 5.14 Å². The second-order valence-electron chi connectivity index (χ2n) is 6.87. The highest BCUT2D eigenvalue weighted by atomic mass is 32.2. The minimum atomic E-state index is -4.65. The van der Waals surface area contributed by atoms with Gasteiger partial charge < -0.3 is 4.42 Å². The number of furan rings is 1. The van der Waals surface area contributed by atoms with Crippen molar-refractivity contribution >= 4 is 10.0 Å². The smallest absolute Gasteiger partial charge is 0.435 e. The molecule has 2 aromatic heterocycles. The van der Waals surface area contributed by atoms with E-state index in [1.54, 1.807) is 43.3 Å². The summed E-state index contributed by atoms with van der Waals surface area (Å²) >= 11 is 0. The van der Waals surface area contributed by atoms with Gasteiger partial charge >= 0.3 is 6.18 Å². The lowest BCUT2D eigenvalue weighted by atomic mass is 10.1. The van der Waals surface area contributed by atoms with Gasteiger partial charge in [0, 0.05) is 11.1 Å². The van der Waals surface area contributed by atoms with Gasteiger partial charge in [0.2, 0.25) is 10.0 Å². The lowest BCUT2D eigenvalue weighted by molar-refractivity contribution is -0.141. The lowest BCUT2D eigenvalue weighted by Crippen LogP contribution is -2.13. The summed E-state index contributed by atoms with van der Waals surface area (Å²) in [5.41, 5.74) is 1.10. The third kappa shape index (κ3) is 4.12. The van der Waals surface area contributed by atoms with E-state index in [9.17, 15) is 21.6 Å². The maximum Gasteiger partial charge on any atom is 0.435 e. The first kappa shape index (κ1) is 20.9. The first-order valence-corrected chi connectivity index (χ1v) is 10.5. The van der Waals surface area contributed by atoms with E-state index in [2.05, 4.69) is 5.10 Å². The first-order valence-electron chi connectivity index (χ1n) is 8.99. The minimum absolute atomic E-state index is 0.138. The number of aryl methyl sites for hydroxylation is 1. The van der Waals surface area contributed by atoms with E-state index in [-0.39, 0.29) is 10.6 Å². The third-order valence-electron chi connectivity index (χ3n) is 4.71. The average Bonchev–Trinajstić information content (AvgIpc) is 3.37. The summed E-state index contributed by atoms with van der Waals surface area (Å²) < 4.78 is 69.9. The lowest BCUT2D eigenvalue weighted by Gasteiger charge is -2.12. The normalized spacial score (nSPS) is 12.3. The van der Waals surface area contributed by atoms with Crippen LogP contribution in [0.5, 0.6) is 0 Å². The third-order valence-corrected chi connectivity index (χ3v) is 5.62. The minimum Gasteiger partial charge on any atom is -0.464 e. The number of aromatic nitrogens is 2. The summed E-state index contributed by atoms with van der Waals surface area (Å²) in [5.74, 6) is 0.630. The molecule has 31 heavy (non-hydrogen) atoms. The summed E-state index contributed by atoms with van der Waals surface area (Å²) in [6.07, 6.45) is -3.12. The molecule has 0 aliphatic carbocycles. The molecule has 6 nitrogen and oxygen atoms in total. The Hall–Kier alpha value is -3.37. The van der Waals surface area contributed by atoms with E-state index in [1.807, 2.05) is 0 Å². The Balaban J connectivity index is 1.85. The van der Waals surface area contributed by atoms with Gasteiger partial charge in [-0.05, 0) is 48.9 Å². The monoisotopic (exact) mass is 447 g/mol. The Morgan fingerprint density at radius 2 is 1.68 bits per heavy atom. The number of primary sulfonamides is 1. The predicted octanol–water partition coefficient (Wildman–Crippen LogP) is 4.77. The molecule has 0 spiro atoms. The van der Waals surface area contributed by atoms with Crippen molar-refractivity contribution in [3.05, 3.63) is 78.2 Å². The summed E-state index contributed by atoms with van der Waals surface area (Å²) in [6, 6.07) is 15.2. The van der Waals surface area contributed by atoms with Gasteiger partial charge in [-0.25, -0.2) is 18.2 Å². The van der Waals surface area contributed by atoms with Crippen molar-refractivity contribution < 1.29 is 26.0 Å². The molecule has 160 valence electrons. The molecule has 0 saturated carbocycles. The van der Waals surface area contributed by atoms with Crippen molar-refractivity contribution in [1.29, 1.82) is 0 Å². The standard InChI is InChI=1S/C21H16F3N3O3S/c1-13-11-16(31(25,28)29)8-9-17(13)27-18(12-20(26-27)21(22,23)24)14-4-6-15(7-5-14)19-3-2-10-30-19/h2-12H,1H3,(H2,25,28,29). The molecule has 0 aliphatic rings. The summed E-state index contributed by atoms with van der Waals surface area (Å²) in [4.78, 5) is -0.138. The molecule has 0 radical (unpaired) electrons. The second kappa shape index (κ2) is 7.40. The quantitative estimate of drug-likeness (QED) is 0.488. The van der Waals surface area contributed by atoms with Crippen LogP contribution in [0.1, 0.15) is 11.3 Å². The van der Waals surface area contributed by atoms with Crippen LogP contribution in [-0.4, -0.2) is 18.2 Å². The van der Waals surface area contributed by atoms with E-state index in [0.29, 0.717) is 22.6 Å². The highest BCUT2D eigenvalue weighted by Gasteiger charge is 2.35. The Bertz CT molecular complexity index is 1340. The molecule has 0 atom stereocenters. The molecule has 0 amide bonds. The molecule has 2 heterocycles. The van der Waals surface area contributed by atoms with Crippen LogP contribution in [0.2, 0.25) is 0 Å². The van der Waals surface area contributed by atoms with Gasteiger partial charge in [-0.1, -0.05) is 24.3 Å². The molecule has 0 unspecified atom stereocenters. The Morgan fingerprint density at radius 1 is 1.00 bits per heavy atom. The van der Waals surface area contributed by atoms with Crippen LogP contribution in [0.15, 0.2) is 76.2 Å². The van der Waals surface area contributed by atoms with Crippen LogP contribution in [0.4, 0.5) is 13.2 Å². The van der Waals surface area contributed by atoms with E-state index < -0.39 is 21.9 Å². The topological polar surface area (TPSA) is 91.1 Å². The molecule has 0 fully saturated rings. The van der Waals surface area contributed by atoms with Crippen LogP contribution >= 0.6 is 0 Å². The SMILES string of the molecule is Cc1cc(S(N)(=O)=O)ccc1-n1nc(C(F)(F)F)cc1-c1ccc(-c2ccco2)cc1. The van der Waals surface area contributed by atoms with Crippen molar-refractivity contribution in [3.63, 3.8) is 0 Å². The summed E-state index contributed by atoms with van der Waals surface area (Å²) in [6.45, 7) is 1.57. The molecule has 4 aromatic rings. The van der Waals surface area contributed by atoms with Gasteiger partial charge in [0.05, 0.1) is 22.5 Å². The Morgan fingerprint density at radius 3 is 2.23 bits per heavy atom. The van der Waals surface area contributed by atoms with Gasteiger partial charge in [0.15, 0.2) is 5.69 Å². The fourth-order valence-electron chi connectivity index (χ4n) is 3.20. The van der Waals surface area contributed by atoms with Crippen molar-refractivity contribution in [3.8, 4) is 28.3 Å². The maximum atomic E-state index is 13.4. The van der Waals surface area contributed by atoms with Crippen LogP contribution < -0.4 is 5.14 Å². The van der Waals surface area contributed by atoms with Gasteiger partial charge in [0.1, 0.15) is 5.76 Å². The Labute approximate surface area is 175 Å². The number of benzene rings is 2. The van der Waals surface area contributed by atoms with Crippen LogP contribution in [0.25, 0.3) is 28.3 Å². The van der Waals surface area contributed by atoms with E-state index in [1.165, 1.54) is 24.5 Å². The summed E-state index contributed by atoms with van der Waals surface area (Å²) in [5, 5.41) is 8.89. The summed E-state index contributed by atoms with van der Waals surface area (Å²) in [7, 11) is -3.95. The second-order valence-corrected chi connectivity index (χ2v) is 8.43. The molecule has 4 rings (SSSR count). The molecule has 0 saturated heterocycles. The van der Waals surface area contributed by atoms with Crippen molar-refractivity contribution in [2.75, 3.05) is 0 Å². The van der Waals surface area contributed by atoms with E-state index in [0.717, 1.165) is 16.3 Å². The van der Waals surface area contributed by atoms with Gasteiger partial charge in [-0.15, -0.1) is 0 Å². The highest BCUT2D eigenvalue weighted by molar-refractivity contribution is 7.89. The van der Waals surface area contributed by atoms with Crippen molar-refractivity contribution in [2.45, 2.75) is 18.0 Å². The van der Waals surface area contributed by atoms with Gasteiger partial charge in [-0.3, -0.25) is 0 Å². The van der Waals surface area contributed by atoms with E-state index in [4.69, 9.17) is 9.56 Å². The molecular weight excluding hydrogens is 431 g/mol. The zero-order valence-corrected chi connectivity index (χ0v) is 16.9. The largest absolute Gasteiger partial charge is 0.464 e. The number of hydrogen-bond acceptors (Lipinski definition) is 4. The first-order chi connectivity index (χ1) is 14.5. The van der Waals surface area contributed by atoms with Crippen LogP contribution in [-0.2, 0) is 16.2 Å². The molecule has 2 N–H and O–H groups in total. The highest BCUT2D eigenvalue weighted by Crippen LogP contribution is 2.34. The van der Waals surface area contributed by atoms with Crippen LogP contribution in [0.3, 0.4) is 0 Å². The molecular formula is C21H16F3N3O3S. The maximum absolute atomic E-state index is 13.4. The van der Waals surface area contributed by atoms with E-state index >= 15 is 0 Å². The predicted molar refractivity (Wildman–Crippen MR) is 108 cm³/mol. The van der Waals surface area contributed by atoms with Crippen molar-refractivity contribution in [1.82, 2.24) is 9.78 Å². The zero-order valence-electron chi connectivity index (χ0n) is 16.1. The zero-order chi connectivity index (χ0) is 22.4. The Kier molecular flexibility index (Phi) is 4.98. The molecule has 0 aliphatic heterocycles. The number of nitrogens with zero attached hydrogens (tertiary/aromatic N) is 2. The number of sulfonamides is 1. The number of rotatable bonds is 4. The fraction of sp³-hybridized carbons (Fsp3) is 0.0952. The number of nitrogens with two attached hydrogens (primary N) is 1. The molecule has 2 aromatic carbocycles. The average molecular weight is 447 g/mol. The van der Waals surface area contributed by atoms with Crippen LogP contribution in [0, 0.1) is 6.92 Å². The number of halogens is 3. The van der Waals surface area contributed by atoms with Gasteiger partial charge in [0.25, 0.3) is 0 Å². The molecule has 0 bridgehead atoms. The number of hydrogen-bond donors (Lipinski definition) is 1. The number of alkyl halides is 3. The fourth-order valence-corrected chi connectivity index (χ4v) is 3.80. The molecule has 10 heteroatoms. The van der Waals surface area contributed by atoms with Gasteiger partial charge in [-0.2, -0.15) is 18.3 Å².